The van der Waals surface area contributed by atoms with E-state index in [4.69, 9.17) is 0 Å². The van der Waals surface area contributed by atoms with Gasteiger partial charge in [-0.3, -0.25) is 4.90 Å². The van der Waals surface area contributed by atoms with Crippen molar-refractivity contribution < 1.29 is 18.6 Å². The number of benzene rings is 1. The van der Waals surface area contributed by atoms with E-state index in [0.29, 0.717) is 19.6 Å². The van der Waals surface area contributed by atoms with Crippen LogP contribution < -0.4 is 0 Å². The van der Waals surface area contributed by atoms with Gasteiger partial charge in [-0.2, -0.15) is 0 Å². The summed E-state index contributed by atoms with van der Waals surface area (Å²) in [6, 6.07) is 6.51. The number of aliphatic hydroxyl groups is 2. The minimum atomic E-state index is -3.33. The average Bonchev–Trinajstić information content (AvgIpc) is 2.67. The SMILES string of the molecule is O=S(=O)(CCN1CC(O)C(O)C1)c1ccc(Br)cc1. The second-order valence-corrected chi connectivity index (χ2v) is 7.69. The zero-order chi connectivity index (χ0) is 14.0. The van der Waals surface area contributed by atoms with Crippen LogP contribution in [0.3, 0.4) is 0 Å². The van der Waals surface area contributed by atoms with Gasteiger partial charge >= 0.3 is 0 Å². The molecule has 0 radical (unpaired) electrons. The third-order valence-electron chi connectivity index (χ3n) is 3.18. The fraction of sp³-hybridized carbons (Fsp3) is 0.500. The molecule has 19 heavy (non-hydrogen) atoms. The maximum Gasteiger partial charge on any atom is 0.179 e. The Hall–Kier alpha value is -0.470. The zero-order valence-corrected chi connectivity index (χ0v) is 12.6. The van der Waals surface area contributed by atoms with Crippen LogP contribution in [0.25, 0.3) is 0 Å². The molecule has 2 rings (SSSR count). The van der Waals surface area contributed by atoms with E-state index in [1.54, 1.807) is 29.2 Å². The molecule has 0 aromatic heterocycles. The van der Waals surface area contributed by atoms with Crippen LogP contribution in [0.15, 0.2) is 33.6 Å². The monoisotopic (exact) mass is 349 g/mol. The van der Waals surface area contributed by atoms with E-state index >= 15 is 0 Å². The highest BCUT2D eigenvalue weighted by Gasteiger charge is 2.30. The number of aliphatic hydroxyl groups excluding tert-OH is 2. The van der Waals surface area contributed by atoms with Gasteiger partial charge in [0.1, 0.15) is 0 Å². The lowest BCUT2D eigenvalue weighted by Crippen LogP contribution is -2.28. The quantitative estimate of drug-likeness (QED) is 0.815. The Morgan fingerprint density at radius 2 is 1.68 bits per heavy atom. The standard InChI is InChI=1S/C12H16BrNO4S/c13-9-1-3-10(4-2-9)19(17,18)6-5-14-7-11(15)12(16)8-14/h1-4,11-12,15-16H,5-8H2. The summed E-state index contributed by atoms with van der Waals surface area (Å²) in [5.41, 5.74) is 0. The molecule has 5 nitrogen and oxygen atoms in total. The van der Waals surface area contributed by atoms with Crippen molar-refractivity contribution >= 4 is 25.8 Å². The number of sulfone groups is 1. The van der Waals surface area contributed by atoms with E-state index in [0.717, 1.165) is 4.47 Å². The predicted molar refractivity (Wildman–Crippen MR) is 74.6 cm³/mol. The molecule has 1 heterocycles. The molecule has 0 aliphatic carbocycles. The Bertz CT molecular complexity index is 521. The lowest BCUT2D eigenvalue weighted by atomic mass is 10.3. The van der Waals surface area contributed by atoms with Crippen molar-refractivity contribution in [3.05, 3.63) is 28.7 Å². The highest BCUT2D eigenvalue weighted by Crippen LogP contribution is 2.17. The molecule has 1 aliphatic heterocycles. The minimum absolute atomic E-state index is 0.0198. The van der Waals surface area contributed by atoms with Crippen molar-refractivity contribution in [1.29, 1.82) is 0 Å². The topological polar surface area (TPSA) is 77.8 Å². The predicted octanol–water partition coefficient (Wildman–Crippen LogP) is 0.260. The first-order valence-electron chi connectivity index (χ1n) is 5.95. The smallest absolute Gasteiger partial charge is 0.179 e. The van der Waals surface area contributed by atoms with Gasteiger partial charge in [-0.25, -0.2) is 8.42 Å². The third kappa shape index (κ3) is 3.76. The molecule has 0 spiro atoms. The summed E-state index contributed by atoms with van der Waals surface area (Å²) < 4.78 is 25.0. The summed E-state index contributed by atoms with van der Waals surface area (Å²) in [5.74, 6) is -0.0198. The first kappa shape index (κ1) is 14.9. The fourth-order valence-corrected chi connectivity index (χ4v) is 3.59. The summed E-state index contributed by atoms with van der Waals surface area (Å²) in [4.78, 5) is 2.04. The van der Waals surface area contributed by atoms with Gasteiger partial charge in [0.2, 0.25) is 0 Å². The second kappa shape index (κ2) is 5.88. The fourth-order valence-electron chi connectivity index (χ4n) is 2.04. The lowest BCUT2D eigenvalue weighted by molar-refractivity contribution is 0.0572. The zero-order valence-electron chi connectivity index (χ0n) is 10.2. The molecule has 1 aromatic rings. The van der Waals surface area contributed by atoms with Crippen molar-refractivity contribution in [1.82, 2.24) is 4.90 Å². The van der Waals surface area contributed by atoms with E-state index in [-0.39, 0.29) is 10.6 Å². The molecular formula is C12H16BrNO4S. The maximum absolute atomic E-state index is 12.1. The van der Waals surface area contributed by atoms with E-state index in [9.17, 15) is 18.6 Å². The highest BCUT2D eigenvalue weighted by molar-refractivity contribution is 9.10. The summed E-state index contributed by atoms with van der Waals surface area (Å²) >= 11 is 3.26. The number of likely N-dealkylation sites (tertiary alicyclic amines) is 1. The summed E-state index contributed by atoms with van der Waals surface area (Å²) in [7, 11) is -3.33. The van der Waals surface area contributed by atoms with E-state index in [2.05, 4.69) is 15.9 Å². The van der Waals surface area contributed by atoms with Crippen LogP contribution in [0.5, 0.6) is 0 Å². The molecule has 2 atom stereocenters. The van der Waals surface area contributed by atoms with Crippen molar-refractivity contribution in [2.24, 2.45) is 0 Å². The van der Waals surface area contributed by atoms with Crippen LogP contribution in [0.1, 0.15) is 0 Å². The van der Waals surface area contributed by atoms with Crippen LogP contribution in [0, 0.1) is 0 Å². The molecule has 1 aliphatic rings. The highest BCUT2D eigenvalue weighted by atomic mass is 79.9. The summed E-state index contributed by atoms with van der Waals surface area (Å²) in [5, 5.41) is 18.8. The van der Waals surface area contributed by atoms with Gasteiger partial charge in [0.05, 0.1) is 22.9 Å². The van der Waals surface area contributed by atoms with Gasteiger partial charge in [0, 0.05) is 24.1 Å². The third-order valence-corrected chi connectivity index (χ3v) is 5.42. The molecule has 0 saturated carbocycles. The Morgan fingerprint density at radius 3 is 2.21 bits per heavy atom. The van der Waals surface area contributed by atoms with E-state index < -0.39 is 22.0 Å². The molecule has 2 unspecified atom stereocenters. The Labute approximate surface area is 120 Å². The van der Waals surface area contributed by atoms with E-state index in [1.807, 2.05) is 0 Å². The normalized spacial score (nSPS) is 24.8. The van der Waals surface area contributed by atoms with Crippen LogP contribution in [-0.2, 0) is 9.84 Å². The average molecular weight is 350 g/mol. The van der Waals surface area contributed by atoms with Gasteiger partial charge in [-0.15, -0.1) is 0 Å². The first-order valence-corrected chi connectivity index (χ1v) is 8.40. The van der Waals surface area contributed by atoms with Crippen molar-refractivity contribution in [2.75, 3.05) is 25.4 Å². The van der Waals surface area contributed by atoms with Crippen LogP contribution >= 0.6 is 15.9 Å². The lowest BCUT2D eigenvalue weighted by Gasteiger charge is -2.14. The Kier molecular flexibility index (Phi) is 4.62. The first-order chi connectivity index (χ1) is 8.88. The van der Waals surface area contributed by atoms with Crippen LogP contribution in [-0.4, -0.2) is 61.1 Å². The number of β-amino-alcohol motifs (C(OH)–C–C–N with tert-alkyl or cyclic N) is 2. The van der Waals surface area contributed by atoms with Gasteiger partial charge in [-0.05, 0) is 24.3 Å². The van der Waals surface area contributed by atoms with Crippen molar-refractivity contribution in [3.63, 3.8) is 0 Å². The largest absolute Gasteiger partial charge is 0.389 e. The number of nitrogens with zero attached hydrogens (tertiary/aromatic N) is 1. The maximum atomic E-state index is 12.1. The Morgan fingerprint density at radius 1 is 1.16 bits per heavy atom. The van der Waals surface area contributed by atoms with Crippen molar-refractivity contribution in [2.45, 2.75) is 17.1 Å². The summed E-state index contributed by atoms with van der Waals surface area (Å²) in [6.07, 6.45) is -1.56. The van der Waals surface area contributed by atoms with E-state index in [1.165, 1.54) is 0 Å². The number of hydrogen-bond acceptors (Lipinski definition) is 5. The summed E-state index contributed by atoms with van der Waals surface area (Å²) in [6.45, 7) is 0.945. The molecule has 0 bridgehead atoms. The molecular weight excluding hydrogens is 334 g/mol. The van der Waals surface area contributed by atoms with Gasteiger partial charge < -0.3 is 10.2 Å². The molecule has 1 fully saturated rings. The van der Waals surface area contributed by atoms with Crippen LogP contribution in [0.4, 0.5) is 0 Å². The van der Waals surface area contributed by atoms with Gasteiger partial charge in [0.25, 0.3) is 0 Å². The molecule has 2 N–H and O–H groups in total. The van der Waals surface area contributed by atoms with Crippen molar-refractivity contribution in [3.8, 4) is 0 Å². The Balaban J connectivity index is 1.97. The van der Waals surface area contributed by atoms with Gasteiger partial charge in [-0.1, -0.05) is 15.9 Å². The number of hydrogen-bond donors (Lipinski definition) is 2. The molecule has 7 heteroatoms. The van der Waals surface area contributed by atoms with Crippen LogP contribution in [0.2, 0.25) is 0 Å². The molecule has 106 valence electrons. The molecule has 1 saturated heterocycles. The number of rotatable bonds is 4. The molecule has 1 aromatic carbocycles. The molecule has 0 amide bonds. The number of halogens is 1. The minimum Gasteiger partial charge on any atom is -0.389 e. The van der Waals surface area contributed by atoms with Gasteiger partial charge in [0.15, 0.2) is 9.84 Å². The second-order valence-electron chi connectivity index (χ2n) is 4.67.